The summed E-state index contributed by atoms with van der Waals surface area (Å²) in [6.07, 6.45) is -4.06. The van der Waals surface area contributed by atoms with Crippen molar-refractivity contribution in [3.8, 4) is 0 Å². The Kier molecular flexibility index (Phi) is 5.78. The Morgan fingerprint density at radius 2 is 2.22 bits per heavy atom. The lowest BCUT2D eigenvalue weighted by Gasteiger charge is -2.23. The SMILES string of the molecule is COCCCN(Cc1cccs1)c1nc(C(F)(F)F)cc(=O)[nH]1. The van der Waals surface area contributed by atoms with Crippen LogP contribution in [0.3, 0.4) is 0 Å². The molecule has 0 aliphatic carbocycles. The topological polar surface area (TPSA) is 58.2 Å². The van der Waals surface area contributed by atoms with Crippen molar-refractivity contribution in [1.29, 1.82) is 0 Å². The summed E-state index contributed by atoms with van der Waals surface area (Å²) in [6, 6.07) is 4.19. The molecule has 0 aliphatic rings. The summed E-state index contributed by atoms with van der Waals surface area (Å²) in [6.45, 7) is 1.24. The van der Waals surface area contributed by atoms with Gasteiger partial charge in [-0.25, -0.2) is 4.98 Å². The number of anilines is 1. The van der Waals surface area contributed by atoms with E-state index in [1.165, 1.54) is 11.3 Å². The van der Waals surface area contributed by atoms with E-state index in [0.29, 0.717) is 32.2 Å². The highest BCUT2D eigenvalue weighted by Gasteiger charge is 2.34. The number of nitrogens with zero attached hydrogens (tertiary/aromatic N) is 2. The van der Waals surface area contributed by atoms with Crippen LogP contribution in [0.25, 0.3) is 0 Å². The van der Waals surface area contributed by atoms with Gasteiger partial charge in [0.15, 0.2) is 5.69 Å². The molecule has 0 amide bonds. The quantitative estimate of drug-likeness (QED) is 0.783. The minimum Gasteiger partial charge on any atom is -0.385 e. The maximum absolute atomic E-state index is 12.8. The number of aromatic amines is 1. The fraction of sp³-hybridized carbons (Fsp3) is 0.429. The molecule has 126 valence electrons. The number of methoxy groups -OCH3 is 1. The number of aromatic nitrogens is 2. The Morgan fingerprint density at radius 3 is 2.83 bits per heavy atom. The minimum atomic E-state index is -4.66. The average Bonchev–Trinajstić information content (AvgIpc) is 2.98. The fourth-order valence-electron chi connectivity index (χ4n) is 1.99. The Labute approximate surface area is 134 Å². The van der Waals surface area contributed by atoms with E-state index in [0.717, 1.165) is 4.88 Å². The van der Waals surface area contributed by atoms with Crippen LogP contribution >= 0.6 is 11.3 Å². The molecule has 0 aliphatic heterocycles. The van der Waals surface area contributed by atoms with Gasteiger partial charge in [0.1, 0.15) is 0 Å². The van der Waals surface area contributed by atoms with Crippen molar-refractivity contribution in [1.82, 2.24) is 9.97 Å². The summed E-state index contributed by atoms with van der Waals surface area (Å²) in [4.78, 5) is 20.1. The molecule has 9 heteroatoms. The van der Waals surface area contributed by atoms with Gasteiger partial charge in [-0.05, 0) is 17.9 Å². The number of hydrogen-bond donors (Lipinski definition) is 1. The van der Waals surface area contributed by atoms with Gasteiger partial charge in [0, 0.05) is 31.2 Å². The number of nitrogens with one attached hydrogen (secondary N) is 1. The summed E-state index contributed by atoms with van der Waals surface area (Å²) in [5.41, 5.74) is -2.02. The zero-order valence-corrected chi connectivity index (χ0v) is 13.2. The smallest absolute Gasteiger partial charge is 0.385 e. The second-order valence-electron chi connectivity index (χ2n) is 4.80. The van der Waals surface area contributed by atoms with Crippen LogP contribution in [0.5, 0.6) is 0 Å². The lowest BCUT2D eigenvalue weighted by Crippen LogP contribution is -2.29. The molecule has 0 bridgehead atoms. The predicted octanol–water partition coefficient (Wildman–Crippen LogP) is 2.89. The molecule has 0 atom stereocenters. The normalized spacial score (nSPS) is 11.7. The van der Waals surface area contributed by atoms with Gasteiger partial charge in [0.05, 0.1) is 6.54 Å². The maximum Gasteiger partial charge on any atom is 0.433 e. The van der Waals surface area contributed by atoms with E-state index in [1.54, 1.807) is 12.0 Å². The van der Waals surface area contributed by atoms with Crippen LogP contribution in [-0.4, -0.2) is 30.2 Å². The van der Waals surface area contributed by atoms with Crippen molar-refractivity contribution in [2.45, 2.75) is 19.1 Å². The monoisotopic (exact) mass is 347 g/mol. The van der Waals surface area contributed by atoms with E-state index < -0.39 is 17.4 Å². The number of ether oxygens (including phenoxy) is 1. The lowest BCUT2D eigenvalue weighted by molar-refractivity contribution is -0.141. The first-order valence-corrected chi connectivity index (χ1v) is 7.73. The van der Waals surface area contributed by atoms with Crippen molar-refractivity contribution < 1.29 is 17.9 Å². The molecule has 5 nitrogen and oxygen atoms in total. The number of hydrogen-bond acceptors (Lipinski definition) is 5. The molecular formula is C14H16F3N3O2S. The lowest BCUT2D eigenvalue weighted by atomic mass is 10.3. The largest absolute Gasteiger partial charge is 0.433 e. The van der Waals surface area contributed by atoms with Crippen LogP contribution in [0.2, 0.25) is 0 Å². The van der Waals surface area contributed by atoms with Gasteiger partial charge in [0.25, 0.3) is 5.56 Å². The van der Waals surface area contributed by atoms with E-state index in [9.17, 15) is 18.0 Å². The van der Waals surface area contributed by atoms with E-state index in [-0.39, 0.29) is 5.95 Å². The molecule has 1 N–H and O–H groups in total. The Hall–Kier alpha value is -1.87. The molecule has 0 spiro atoms. The van der Waals surface area contributed by atoms with Gasteiger partial charge in [-0.1, -0.05) is 6.07 Å². The van der Waals surface area contributed by atoms with Crippen molar-refractivity contribution in [3.63, 3.8) is 0 Å². The minimum absolute atomic E-state index is 0.0886. The van der Waals surface area contributed by atoms with Crippen LogP contribution in [0.1, 0.15) is 17.0 Å². The van der Waals surface area contributed by atoms with Gasteiger partial charge in [-0.15, -0.1) is 11.3 Å². The first-order chi connectivity index (χ1) is 10.9. The fourth-order valence-corrected chi connectivity index (χ4v) is 2.71. The number of halogens is 3. The van der Waals surface area contributed by atoms with Gasteiger partial charge >= 0.3 is 6.18 Å². The Balaban J connectivity index is 2.29. The summed E-state index contributed by atoms with van der Waals surface area (Å²) in [7, 11) is 1.55. The molecule has 0 aromatic carbocycles. The van der Waals surface area contributed by atoms with Crippen molar-refractivity contribution in [2.24, 2.45) is 0 Å². The van der Waals surface area contributed by atoms with Crippen molar-refractivity contribution >= 4 is 17.3 Å². The highest BCUT2D eigenvalue weighted by molar-refractivity contribution is 7.09. The first kappa shape index (κ1) is 17.5. The predicted molar refractivity (Wildman–Crippen MR) is 81.7 cm³/mol. The Morgan fingerprint density at radius 1 is 1.43 bits per heavy atom. The van der Waals surface area contributed by atoms with E-state index >= 15 is 0 Å². The van der Waals surface area contributed by atoms with Gasteiger partial charge in [0.2, 0.25) is 5.95 Å². The van der Waals surface area contributed by atoms with E-state index in [2.05, 4.69) is 9.97 Å². The number of thiophene rings is 1. The van der Waals surface area contributed by atoms with Crippen molar-refractivity contribution in [2.75, 3.05) is 25.2 Å². The standard InChI is InChI=1S/C14H16F3N3O2S/c1-22-6-3-5-20(9-10-4-2-7-23-10)13-18-11(14(15,16)17)8-12(21)19-13/h2,4,7-8H,3,5-6,9H2,1H3,(H,18,19,21). The third-order valence-electron chi connectivity index (χ3n) is 3.02. The number of H-pyrrole nitrogens is 1. The summed E-state index contributed by atoms with van der Waals surface area (Å²) < 4.78 is 43.5. The average molecular weight is 347 g/mol. The van der Waals surface area contributed by atoms with E-state index in [1.807, 2.05) is 17.5 Å². The highest BCUT2D eigenvalue weighted by atomic mass is 32.1. The molecule has 2 rings (SSSR count). The molecule has 2 aromatic heterocycles. The molecule has 2 aromatic rings. The maximum atomic E-state index is 12.8. The second kappa shape index (κ2) is 7.60. The third-order valence-corrected chi connectivity index (χ3v) is 3.88. The molecule has 0 saturated heterocycles. The molecule has 0 fully saturated rings. The van der Waals surface area contributed by atoms with Crippen molar-refractivity contribution in [3.05, 3.63) is 44.5 Å². The first-order valence-electron chi connectivity index (χ1n) is 6.85. The summed E-state index contributed by atoms with van der Waals surface area (Å²) in [5, 5.41) is 1.88. The molecule has 2 heterocycles. The van der Waals surface area contributed by atoms with Gasteiger partial charge < -0.3 is 9.64 Å². The third kappa shape index (κ3) is 5.07. The number of alkyl halides is 3. The Bertz CT molecular complexity index is 671. The van der Waals surface area contributed by atoms with Crippen LogP contribution in [0.15, 0.2) is 28.4 Å². The van der Waals surface area contributed by atoms with Crippen LogP contribution in [0, 0.1) is 0 Å². The second-order valence-corrected chi connectivity index (χ2v) is 5.83. The number of rotatable bonds is 7. The van der Waals surface area contributed by atoms with Gasteiger partial charge in [-0.3, -0.25) is 9.78 Å². The molecule has 0 saturated carbocycles. The van der Waals surface area contributed by atoms with Crippen LogP contribution in [-0.2, 0) is 17.5 Å². The summed E-state index contributed by atoms with van der Waals surface area (Å²) in [5.74, 6) is -0.0886. The van der Waals surface area contributed by atoms with E-state index in [4.69, 9.17) is 4.74 Å². The summed E-state index contributed by atoms with van der Waals surface area (Å²) >= 11 is 1.48. The molecule has 23 heavy (non-hydrogen) atoms. The van der Waals surface area contributed by atoms with Crippen LogP contribution in [0.4, 0.5) is 19.1 Å². The van der Waals surface area contributed by atoms with Crippen LogP contribution < -0.4 is 10.5 Å². The molecular weight excluding hydrogens is 331 g/mol. The zero-order valence-electron chi connectivity index (χ0n) is 12.4. The highest BCUT2D eigenvalue weighted by Crippen LogP contribution is 2.27. The van der Waals surface area contributed by atoms with Gasteiger partial charge in [-0.2, -0.15) is 13.2 Å². The zero-order chi connectivity index (χ0) is 16.9. The molecule has 0 unspecified atom stereocenters. The molecule has 0 radical (unpaired) electrons.